The number of rotatable bonds is 2. The molecule has 6 heteroatoms. The Labute approximate surface area is 117 Å². The molecule has 3 aromatic rings. The Morgan fingerprint density at radius 3 is 2.62 bits per heavy atom. The molecule has 21 heavy (non-hydrogen) atoms. The summed E-state index contributed by atoms with van der Waals surface area (Å²) in [5.41, 5.74) is -1.11. The molecule has 0 N–H and O–H groups in total. The van der Waals surface area contributed by atoms with E-state index in [1.165, 1.54) is 6.07 Å². The molecular formula is C15H8F3NO2. The van der Waals surface area contributed by atoms with Crippen LogP contribution in [0, 0.1) is 0 Å². The Morgan fingerprint density at radius 1 is 1.14 bits per heavy atom. The zero-order chi connectivity index (χ0) is 15.0. The van der Waals surface area contributed by atoms with E-state index in [1.54, 1.807) is 24.3 Å². The second-order valence-electron chi connectivity index (χ2n) is 4.40. The standard InChI is InChI=1S/C15H8F3NO2/c16-15(17,18)11-5-6-19-8-10(11)14(20)13-7-9-3-1-2-4-12(9)21-13/h1-8H. The molecule has 0 bridgehead atoms. The van der Waals surface area contributed by atoms with E-state index in [1.807, 2.05) is 0 Å². The Bertz CT molecular complexity index is 788. The van der Waals surface area contributed by atoms with E-state index in [-0.39, 0.29) is 5.76 Å². The van der Waals surface area contributed by atoms with Gasteiger partial charge in [-0.15, -0.1) is 0 Å². The highest BCUT2D eigenvalue weighted by Crippen LogP contribution is 2.33. The fourth-order valence-corrected chi connectivity index (χ4v) is 2.05. The molecule has 0 amide bonds. The lowest BCUT2D eigenvalue weighted by molar-refractivity contribution is -0.137. The number of hydrogen-bond acceptors (Lipinski definition) is 3. The van der Waals surface area contributed by atoms with Gasteiger partial charge in [-0.3, -0.25) is 9.78 Å². The average molecular weight is 291 g/mol. The molecule has 0 unspecified atom stereocenters. The van der Waals surface area contributed by atoms with Crippen molar-refractivity contribution in [2.75, 3.05) is 0 Å². The number of aromatic nitrogens is 1. The highest BCUT2D eigenvalue weighted by atomic mass is 19.4. The number of nitrogens with zero attached hydrogens (tertiary/aromatic N) is 1. The number of carbonyl (C=O) groups excluding carboxylic acids is 1. The number of carbonyl (C=O) groups is 1. The summed E-state index contributed by atoms with van der Waals surface area (Å²) in [5.74, 6) is -0.985. The van der Waals surface area contributed by atoms with Crippen molar-refractivity contribution in [2.45, 2.75) is 6.18 Å². The van der Waals surface area contributed by atoms with Gasteiger partial charge in [0.1, 0.15) is 5.58 Å². The highest BCUT2D eigenvalue weighted by molar-refractivity contribution is 6.09. The van der Waals surface area contributed by atoms with Crippen molar-refractivity contribution >= 4 is 16.8 Å². The largest absolute Gasteiger partial charge is 0.453 e. The van der Waals surface area contributed by atoms with Gasteiger partial charge < -0.3 is 4.42 Å². The number of para-hydroxylation sites is 1. The molecule has 106 valence electrons. The SMILES string of the molecule is O=C(c1cc2ccccc2o1)c1cnccc1C(F)(F)F. The fraction of sp³-hybridized carbons (Fsp3) is 0.0667. The Hall–Kier alpha value is -2.63. The van der Waals surface area contributed by atoms with Crippen molar-refractivity contribution in [3.05, 3.63) is 65.7 Å². The van der Waals surface area contributed by atoms with Gasteiger partial charge in [-0.1, -0.05) is 18.2 Å². The number of furan rings is 1. The average Bonchev–Trinajstić information content (AvgIpc) is 2.89. The summed E-state index contributed by atoms with van der Waals surface area (Å²) in [6.07, 6.45) is -2.73. The normalized spacial score (nSPS) is 11.8. The van der Waals surface area contributed by atoms with Gasteiger partial charge in [-0.2, -0.15) is 13.2 Å². The summed E-state index contributed by atoms with van der Waals surface area (Å²) >= 11 is 0. The maximum atomic E-state index is 12.9. The van der Waals surface area contributed by atoms with Gasteiger partial charge in [0.25, 0.3) is 0 Å². The number of halogens is 3. The number of hydrogen-bond donors (Lipinski definition) is 0. The number of ketones is 1. The molecule has 0 spiro atoms. The van der Waals surface area contributed by atoms with Gasteiger partial charge in [0.05, 0.1) is 11.1 Å². The van der Waals surface area contributed by atoms with Gasteiger partial charge in [-0.25, -0.2) is 0 Å². The highest BCUT2D eigenvalue weighted by Gasteiger charge is 2.36. The van der Waals surface area contributed by atoms with Crippen molar-refractivity contribution < 1.29 is 22.4 Å². The Kier molecular flexibility index (Phi) is 3.01. The minimum atomic E-state index is -4.63. The summed E-state index contributed by atoms with van der Waals surface area (Å²) in [5, 5.41) is 0.651. The molecule has 0 radical (unpaired) electrons. The van der Waals surface area contributed by atoms with E-state index in [0.29, 0.717) is 11.0 Å². The summed E-state index contributed by atoms with van der Waals surface area (Å²) in [7, 11) is 0. The van der Waals surface area contributed by atoms with Crippen LogP contribution in [0.4, 0.5) is 13.2 Å². The van der Waals surface area contributed by atoms with Crippen LogP contribution in [0.25, 0.3) is 11.0 Å². The maximum Gasteiger partial charge on any atom is 0.417 e. The molecular weight excluding hydrogens is 283 g/mol. The molecule has 3 rings (SSSR count). The van der Waals surface area contributed by atoms with Crippen LogP contribution >= 0.6 is 0 Å². The van der Waals surface area contributed by atoms with Crippen molar-refractivity contribution in [1.82, 2.24) is 4.98 Å². The van der Waals surface area contributed by atoms with Crippen LogP contribution in [-0.4, -0.2) is 10.8 Å². The summed E-state index contributed by atoms with van der Waals surface area (Å²) in [6, 6.07) is 9.01. The predicted molar refractivity (Wildman–Crippen MR) is 68.9 cm³/mol. The van der Waals surface area contributed by atoms with Crippen molar-refractivity contribution in [3.8, 4) is 0 Å². The number of fused-ring (bicyclic) bond motifs is 1. The van der Waals surface area contributed by atoms with Gasteiger partial charge in [0, 0.05) is 17.8 Å². The van der Waals surface area contributed by atoms with Crippen LogP contribution in [0.5, 0.6) is 0 Å². The lowest BCUT2D eigenvalue weighted by Gasteiger charge is -2.09. The zero-order valence-electron chi connectivity index (χ0n) is 10.5. The third-order valence-electron chi connectivity index (χ3n) is 3.02. The molecule has 1 aromatic carbocycles. The first-order valence-corrected chi connectivity index (χ1v) is 6.01. The summed E-state index contributed by atoms with van der Waals surface area (Å²) in [6.45, 7) is 0. The predicted octanol–water partition coefficient (Wildman–Crippen LogP) is 4.08. The third kappa shape index (κ3) is 2.40. The molecule has 0 fully saturated rings. The van der Waals surface area contributed by atoms with Crippen LogP contribution < -0.4 is 0 Å². The first kappa shape index (κ1) is 13.4. The van der Waals surface area contributed by atoms with E-state index in [2.05, 4.69) is 4.98 Å². The molecule has 0 aliphatic heterocycles. The van der Waals surface area contributed by atoms with Gasteiger partial charge in [0.2, 0.25) is 5.78 Å². The second-order valence-corrected chi connectivity index (χ2v) is 4.40. The van der Waals surface area contributed by atoms with Crippen LogP contribution in [0.1, 0.15) is 21.7 Å². The number of benzene rings is 1. The molecule has 0 aliphatic rings. The maximum absolute atomic E-state index is 12.9. The smallest absolute Gasteiger partial charge is 0.417 e. The van der Waals surface area contributed by atoms with E-state index in [9.17, 15) is 18.0 Å². The quantitative estimate of drug-likeness (QED) is 0.668. The molecule has 2 aromatic heterocycles. The van der Waals surface area contributed by atoms with E-state index >= 15 is 0 Å². The summed E-state index contributed by atoms with van der Waals surface area (Å²) in [4.78, 5) is 15.8. The Morgan fingerprint density at radius 2 is 1.90 bits per heavy atom. The van der Waals surface area contributed by atoms with E-state index < -0.39 is 23.1 Å². The van der Waals surface area contributed by atoms with Gasteiger partial charge in [-0.05, 0) is 18.2 Å². The van der Waals surface area contributed by atoms with Crippen LogP contribution in [0.2, 0.25) is 0 Å². The fourth-order valence-electron chi connectivity index (χ4n) is 2.05. The monoisotopic (exact) mass is 291 g/mol. The minimum Gasteiger partial charge on any atom is -0.453 e. The van der Waals surface area contributed by atoms with Gasteiger partial charge in [0.15, 0.2) is 5.76 Å². The third-order valence-corrected chi connectivity index (χ3v) is 3.02. The van der Waals surface area contributed by atoms with Crippen LogP contribution in [0.3, 0.4) is 0 Å². The minimum absolute atomic E-state index is 0.144. The van der Waals surface area contributed by atoms with Crippen LogP contribution in [0.15, 0.2) is 53.2 Å². The lowest BCUT2D eigenvalue weighted by atomic mass is 10.0. The topological polar surface area (TPSA) is 43.1 Å². The van der Waals surface area contributed by atoms with Crippen molar-refractivity contribution in [1.29, 1.82) is 0 Å². The molecule has 0 aliphatic carbocycles. The number of alkyl halides is 3. The molecule has 0 saturated carbocycles. The Balaban J connectivity index is 2.10. The first-order valence-electron chi connectivity index (χ1n) is 6.01. The van der Waals surface area contributed by atoms with E-state index in [0.717, 1.165) is 18.5 Å². The lowest BCUT2D eigenvalue weighted by Crippen LogP contribution is -2.13. The molecule has 3 nitrogen and oxygen atoms in total. The summed E-state index contributed by atoms with van der Waals surface area (Å²) < 4.78 is 44.1. The van der Waals surface area contributed by atoms with E-state index in [4.69, 9.17) is 4.42 Å². The van der Waals surface area contributed by atoms with Crippen molar-refractivity contribution in [3.63, 3.8) is 0 Å². The van der Waals surface area contributed by atoms with Crippen LogP contribution in [-0.2, 0) is 6.18 Å². The van der Waals surface area contributed by atoms with Gasteiger partial charge >= 0.3 is 6.18 Å². The van der Waals surface area contributed by atoms with Crippen molar-refractivity contribution in [2.24, 2.45) is 0 Å². The zero-order valence-corrected chi connectivity index (χ0v) is 10.5. The number of pyridine rings is 1. The molecule has 0 saturated heterocycles. The second kappa shape index (κ2) is 4.73. The molecule has 0 atom stereocenters. The molecule has 2 heterocycles. The first-order chi connectivity index (χ1) is 9.97.